The van der Waals surface area contributed by atoms with Crippen LogP contribution in [0.3, 0.4) is 0 Å². The molecule has 0 unspecified atom stereocenters. The molecule has 0 spiro atoms. The Kier molecular flexibility index (Phi) is 6.74. The minimum atomic E-state index is -1.13. The molecule has 0 radical (unpaired) electrons. The molecule has 2 heterocycles. The number of carbonyl (C=O) groups excluding carboxylic acids is 1. The highest BCUT2D eigenvalue weighted by Crippen LogP contribution is 2.30. The van der Waals surface area contributed by atoms with Crippen LogP contribution in [-0.2, 0) is 11.8 Å². The van der Waals surface area contributed by atoms with Crippen molar-refractivity contribution in [2.75, 3.05) is 12.4 Å². The van der Waals surface area contributed by atoms with Crippen LogP contribution < -0.4 is 20.9 Å². The molecule has 10 nitrogen and oxygen atoms in total. The van der Waals surface area contributed by atoms with E-state index in [9.17, 15) is 24.6 Å². The van der Waals surface area contributed by atoms with Crippen molar-refractivity contribution in [3.05, 3.63) is 70.8 Å². The molecule has 0 saturated carbocycles. The molecule has 0 fully saturated rings. The van der Waals surface area contributed by atoms with Crippen molar-refractivity contribution in [1.29, 1.82) is 0 Å². The minimum Gasteiger partial charge on any atom is -0.505 e. The lowest BCUT2D eigenvalue weighted by molar-refractivity contribution is -0.137. The Morgan fingerprint density at radius 1 is 1.22 bits per heavy atom. The van der Waals surface area contributed by atoms with E-state index in [1.165, 1.54) is 31.0 Å². The second-order valence-electron chi connectivity index (χ2n) is 6.92. The monoisotopic (exact) mass is 438 g/mol. The lowest BCUT2D eigenvalue weighted by Gasteiger charge is -2.19. The van der Waals surface area contributed by atoms with Crippen LogP contribution in [-0.4, -0.2) is 38.9 Å². The third kappa shape index (κ3) is 5.04. The van der Waals surface area contributed by atoms with Crippen LogP contribution in [0.1, 0.15) is 18.0 Å². The van der Waals surface area contributed by atoms with Crippen molar-refractivity contribution in [1.82, 2.24) is 14.9 Å². The van der Waals surface area contributed by atoms with E-state index in [-0.39, 0.29) is 5.69 Å². The van der Waals surface area contributed by atoms with Gasteiger partial charge in [0.05, 0.1) is 19.6 Å². The first-order valence-corrected chi connectivity index (χ1v) is 9.57. The van der Waals surface area contributed by atoms with Crippen LogP contribution in [0.25, 0.3) is 11.3 Å². The number of ether oxygens (including phenoxy) is 1. The molecule has 3 aromatic rings. The molecule has 0 saturated heterocycles. The first-order chi connectivity index (χ1) is 15.3. The molecule has 32 heavy (non-hydrogen) atoms. The largest absolute Gasteiger partial charge is 0.505 e. The Morgan fingerprint density at radius 3 is 2.72 bits per heavy atom. The maximum absolute atomic E-state index is 12.5. The summed E-state index contributed by atoms with van der Waals surface area (Å²) in [6.07, 6.45) is 2.55. The molecule has 0 aliphatic rings. The number of amides is 2. The quantitative estimate of drug-likeness (QED) is 0.444. The highest BCUT2D eigenvalue weighted by atomic mass is 16.5. The normalized spacial score (nSPS) is 11.4. The molecule has 2 amide bonds. The minimum absolute atomic E-state index is 0.312. The van der Waals surface area contributed by atoms with Crippen molar-refractivity contribution < 1.29 is 24.5 Å². The molecule has 1 aromatic carbocycles. The van der Waals surface area contributed by atoms with E-state index in [4.69, 9.17) is 4.74 Å². The van der Waals surface area contributed by atoms with Gasteiger partial charge in [-0.1, -0.05) is 18.2 Å². The number of nitrogens with zero attached hydrogens (tertiary/aromatic N) is 2. The van der Waals surface area contributed by atoms with Crippen LogP contribution in [0.4, 0.5) is 10.5 Å². The average molecular weight is 438 g/mol. The van der Waals surface area contributed by atoms with E-state index < -0.39 is 35.8 Å². The Hall–Kier alpha value is -4.34. The number of carboxylic acid groups (broad SMARTS) is 1. The third-order valence-electron chi connectivity index (χ3n) is 4.72. The summed E-state index contributed by atoms with van der Waals surface area (Å²) in [5.74, 6) is -0.989. The van der Waals surface area contributed by atoms with Gasteiger partial charge >= 0.3 is 12.0 Å². The summed E-state index contributed by atoms with van der Waals surface area (Å²) in [6.45, 7) is 0. The molecule has 2 aromatic heterocycles. The first-order valence-electron chi connectivity index (χ1n) is 9.57. The Bertz CT molecular complexity index is 1210. The number of nitrogens with one attached hydrogen (secondary N) is 2. The van der Waals surface area contributed by atoms with Gasteiger partial charge in [0, 0.05) is 25.0 Å². The second-order valence-corrected chi connectivity index (χ2v) is 6.92. The lowest BCUT2D eigenvalue weighted by atomic mass is 9.99. The van der Waals surface area contributed by atoms with Crippen LogP contribution in [0.5, 0.6) is 11.5 Å². The van der Waals surface area contributed by atoms with Gasteiger partial charge in [0.1, 0.15) is 17.2 Å². The number of methoxy groups -OCH3 is 1. The zero-order chi connectivity index (χ0) is 23.3. The van der Waals surface area contributed by atoms with Gasteiger partial charge in [-0.3, -0.25) is 14.6 Å². The van der Waals surface area contributed by atoms with Crippen molar-refractivity contribution in [2.24, 2.45) is 7.05 Å². The van der Waals surface area contributed by atoms with Gasteiger partial charge in [-0.25, -0.2) is 4.79 Å². The first kappa shape index (κ1) is 22.3. The molecule has 4 N–H and O–H groups in total. The van der Waals surface area contributed by atoms with Crippen molar-refractivity contribution in [3.8, 4) is 22.8 Å². The molecule has 3 rings (SSSR count). The van der Waals surface area contributed by atoms with Crippen molar-refractivity contribution >= 4 is 17.7 Å². The average Bonchev–Trinajstić information content (AvgIpc) is 2.78. The lowest BCUT2D eigenvalue weighted by Crippen LogP contribution is -2.36. The van der Waals surface area contributed by atoms with Gasteiger partial charge in [0.15, 0.2) is 5.69 Å². The van der Waals surface area contributed by atoms with E-state index in [2.05, 4.69) is 15.6 Å². The van der Waals surface area contributed by atoms with Gasteiger partial charge in [0.25, 0.3) is 5.56 Å². The number of aliphatic carboxylic acids is 1. The molecular formula is C22H22N4O6. The van der Waals surface area contributed by atoms with E-state index >= 15 is 0 Å². The maximum atomic E-state index is 12.5. The molecule has 0 bridgehead atoms. The van der Waals surface area contributed by atoms with E-state index in [1.54, 1.807) is 42.6 Å². The van der Waals surface area contributed by atoms with E-state index in [0.29, 0.717) is 22.6 Å². The Balaban J connectivity index is 1.89. The fraction of sp³-hybridized carbons (Fsp3) is 0.182. The molecule has 166 valence electrons. The number of carboxylic acids is 1. The molecule has 10 heteroatoms. The van der Waals surface area contributed by atoms with Crippen LogP contribution in [0.15, 0.2) is 59.7 Å². The summed E-state index contributed by atoms with van der Waals surface area (Å²) in [5, 5.41) is 24.1. The molecule has 1 atom stereocenters. The summed E-state index contributed by atoms with van der Waals surface area (Å²) in [4.78, 5) is 40.5. The summed E-state index contributed by atoms with van der Waals surface area (Å²) in [6, 6.07) is 9.87. The number of aryl methyl sites for hydroxylation is 1. The number of pyridine rings is 2. The third-order valence-corrected chi connectivity index (χ3v) is 4.72. The number of benzene rings is 1. The highest BCUT2D eigenvalue weighted by Gasteiger charge is 2.21. The number of urea groups is 1. The summed E-state index contributed by atoms with van der Waals surface area (Å²) < 4.78 is 6.52. The van der Waals surface area contributed by atoms with Crippen LogP contribution in [0, 0.1) is 0 Å². The Labute approximate surface area is 183 Å². The fourth-order valence-corrected chi connectivity index (χ4v) is 3.15. The number of carbonyl (C=O) groups is 2. The molecular weight excluding hydrogens is 416 g/mol. The number of aromatic hydroxyl groups is 1. The van der Waals surface area contributed by atoms with Crippen LogP contribution in [0.2, 0.25) is 0 Å². The van der Waals surface area contributed by atoms with Gasteiger partial charge in [0.2, 0.25) is 0 Å². The smallest absolute Gasteiger partial charge is 0.319 e. The number of anilines is 1. The van der Waals surface area contributed by atoms with Crippen LogP contribution >= 0.6 is 0 Å². The number of aromatic nitrogens is 2. The zero-order valence-corrected chi connectivity index (χ0v) is 17.4. The SMILES string of the molecule is COc1cccnc1-c1cccc([C@H](CC(=O)O)NC(=O)Nc2c(O)ccn(C)c2=O)c1. The highest BCUT2D eigenvalue weighted by molar-refractivity contribution is 5.91. The summed E-state index contributed by atoms with van der Waals surface area (Å²) in [7, 11) is 2.99. The summed E-state index contributed by atoms with van der Waals surface area (Å²) in [5.41, 5.74) is 0.825. The standard InChI is InChI=1S/C22H22N4O6/c1-26-10-8-16(27)20(21(26)30)25-22(31)24-15(12-18(28)29)13-5-3-6-14(11-13)19-17(32-2)7-4-9-23-19/h3-11,15,27H,12H2,1-2H3,(H,28,29)(H2,24,25,31)/t15-/m0/s1. The predicted molar refractivity (Wildman–Crippen MR) is 117 cm³/mol. The molecule has 0 aliphatic heterocycles. The van der Waals surface area contributed by atoms with Crippen molar-refractivity contribution in [2.45, 2.75) is 12.5 Å². The fourth-order valence-electron chi connectivity index (χ4n) is 3.15. The van der Waals surface area contributed by atoms with Crippen molar-refractivity contribution in [3.63, 3.8) is 0 Å². The number of hydrogen-bond acceptors (Lipinski definition) is 6. The topological polar surface area (TPSA) is 143 Å². The van der Waals surface area contributed by atoms with Gasteiger partial charge in [-0.05, 0) is 29.8 Å². The van der Waals surface area contributed by atoms with E-state index in [1.807, 2.05) is 0 Å². The molecule has 0 aliphatic carbocycles. The zero-order valence-electron chi connectivity index (χ0n) is 17.4. The number of hydrogen-bond donors (Lipinski definition) is 4. The van der Waals surface area contributed by atoms with E-state index in [0.717, 1.165) is 0 Å². The summed E-state index contributed by atoms with van der Waals surface area (Å²) >= 11 is 0. The Morgan fingerprint density at radius 2 is 2.00 bits per heavy atom. The maximum Gasteiger partial charge on any atom is 0.319 e. The van der Waals surface area contributed by atoms with Gasteiger partial charge in [-0.15, -0.1) is 0 Å². The predicted octanol–water partition coefficient (Wildman–Crippen LogP) is 2.50. The second kappa shape index (κ2) is 9.65. The van der Waals surface area contributed by atoms with Gasteiger partial charge in [-0.2, -0.15) is 0 Å². The number of rotatable bonds is 7. The van der Waals surface area contributed by atoms with Gasteiger partial charge < -0.3 is 30.2 Å².